The van der Waals surface area contributed by atoms with Crippen molar-refractivity contribution in [2.45, 2.75) is 26.7 Å². The van der Waals surface area contributed by atoms with E-state index < -0.39 is 6.16 Å². The molecule has 0 aliphatic rings. The smallest absolute Gasteiger partial charge is 0.435 e. The number of carbonyl (C=O) groups excluding carboxylic acids is 2. The molecule has 0 bridgehead atoms. The third-order valence-corrected chi connectivity index (χ3v) is 1.11. The van der Waals surface area contributed by atoms with Crippen LogP contribution < -0.4 is 0 Å². The van der Waals surface area contributed by atoms with E-state index in [0.29, 0.717) is 12.8 Å². The molecule has 0 amide bonds. The number of ether oxygens (including phenoxy) is 3. The highest BCUT2D eigenvalue weighted by Crippen LogP contribution is 1.92. The average molecular weight is 190 g/mol. The first kappa shape index (κ1) is 11.7. The van der Waals surface area contributed by atoms with Gasteiger partial charge in [-0.1, -0.05) is 6.92 Å². The van der Waals surface area contributed by atoms with E-state index in [-0.39, 0.29) is 19.4 Å². The van der Waals surface area contributed by atoms with Gasteiger partial charge in [0.15, 0.2) is 0 Å². The standard InChI is InChI=1S/C8H14O5/c1-3-5-7(9)12-6-13-8(10)11-4-2/h3-6H2,1-2H3. The van der Waals surface area contributed by atoms with Gasteiger partial charge >= 0.3 is 12.1 Å². The molecule has 0 saturated heterocycles. The van der Waals surface area contributed by atoms with Crippen molar-refractivity contribution in [3.8, 4) is 0 Å². The number of esters is 1. The minimum Gasteiger partial charge on any atom is -0.435 e. The number of carbonyl (C=O) groups is 2. The molecule has 5 heteroatoms. The Balaban J connectivity index is 3.33. The zero-order chi connectivity index (χ0) is 10.1. The molecule has 0 radical (unpaired) electrons. The Labute approximate surface area is 77.0 Å². The van der Waals surface area contributed by atoms with Crippen molar-refractivity contribution >= 4 is 12.1 Å². The van der Waals surface area contributed by atoms with E-state index in [1.807, 2.05) is 6.92 Å². The summed E-state index contributed by atoms with van der Waals surface area (Å²) < 4.78 is 13.4. The molecule has 76 valence electrons. The Bertz CT molecular complexity index is 148. The summed E-state index contributed by atoms with van der Waals surface area (Å²) in [5.41, 5.74) is 0. The maximum absolute atomic E-state index is 10.7. The van der Waals surface area contributed by atoms with Gasteiger partial charge in [-0.15, -0.1) is 0 Å². The van der Waals surface area contributed by atoms with Crippen LogP contribution in [0.3, 0.4) is 0 Å². The van der Waals surface area contributed by atoms with Crippen LogP contribution in [0.1, 0.15) is 26.7 Å². The molecule has 0 aromatic rings. The van der Waals surface area contributed by atoms with E-state index >= 15 is 0 Å². The van der Waals surface area contributed by atoms with Crippen LogP contribution in [0.25, 0.3) is 0 Å². The third kappa shape index (κ3) is 7.11. The number of rotatable bonds is 5. The molecular weight excluding hydrogens is 176 g/mol. The molecule has 0 aliphatic heterocycles. The first-order valence-electron chi connectivity index (χ1n) is 4.15. The fourth-order valence-corrected chi connectivity index (χ4v) is 0.579. The first-order chi connectivity index (χ1) is 6.20. The second-order valence-corrected chi connectivity index (χ2v) is 2.21. The minimum atomic E-state index is -0.827. The van der Waals surface area contributed by atoms with E-state index in [9.17, 15) is 9.59 Å². The van der Waals surface area contributed by atoms with Gasteiger partial charge in [0.1, 0.15) is 0 Å². The lowest BCUT2D eigenvalue weighted by molar-refractivity contribution is -0.153. The molecule has 0 unspecified atom stereocenters. The van der Waals surface area contributed by atoms with Crippen LogP contribution in [0.5, 0.6) is 0 Å². The highest BCUT2D eigenvalue weighted by atomic mass is 16.8. The van der Waals surface area contributed by atoms with Crippen LogP contribution in [0, 0.1) is 0 Å². The van der Waals surface area contributed by atoms with Crippen LogP contribution in [0.2, 0.25) is 0 Å². The summed E-state index contributed by atoms with van der Waals surface area (Å²) in [4.78, 5) is 21.3. The third-order valence-electron chi connectivity index (χ3n) is 1.11. The van der Waals surface area contributed by atoms with Gasteiger partial charge in [-0.25, -0.2) is 4.79 Å². The topological polar surface area (TPSA) is 61.8 Å². The Morgan fingerprint density at radius 1 is 1.08 bits per heavy atom. The highest BCUT2D eigenvalue weighted by molar-refractivity contribution is 5.69. The van der Waals surface area contributed by atoms with Gasteiger partial charge in [0.2, 0.25) is 6.79 Å². The summed E-state index contributed by atoms with van der Waals surface area (Å²) in [7, 11) is 0. The molecule has 0 spiro atoms. The predicted octanol–water partition coefficient (Wildman–Crippen LogP) is 1.46. The lowest BCUT2D eigenvalue weighted by atomic mass is 10.3. The summed E-state index contributed by atoms with van der Waals surface area (Å²) >= 11 is 0. The van der Waals surface area contributed by atoms with Gasteiger partial charge < -0.3 is 14.2 Å². The minimum absolute atomic E-state index is 0.238. The van der Waals surface area contributed by atoms with Crippen LogP contribution in [0.4, 0.5) is 4.79 Å². The van der Waals surface area contributed by atoms with Crippen molar-refractivity contribution in [1.29, 1.82) is 0 Å². The maximum atomic E-state index is 10.7. The lowest BCUT2D eigenvalue weighted by Gasteiger charge is -2.04. The van der Waals surface area contributed by atoms with Gasteiger partial charge in [-0.05, 0) is 13.3 Å². The summed E-state index contributed by atoms with van der Waals surface area (Å²) in [6, 6.07) is 0. The van der Waals surface area contributed by atoms with Crippen molar-refractivity contribution in [3.63, 3.8) is 0 Å². The molecule has 0 aromatic carbocycles. The predicted molar refractivity (Wildman–Crippen MR) is 44.0 cm³/mol. The summed E-state index contributed by atoms with van der Waals surface area (Å²) in [5, 5.41) is 0. The fraction of sp³-hybridized carbons (Fsp3) is 0.750. The molecule has 0 fully saturated rings. The molecule has 0 aromatic heterocycles. The molecule has 5 nitrogen and oxygen atoms in total. The average Bonchev–Trinajstić information content (AvgIpc) is 2.05. The van der Waals surface area contributed by atoms with Gasteiger partial charge in [0, 0.05) is 6.42 Å². The van der Waals surface area contributed by atoms with E-state index in [4.69, 9.17) is 0 Å². The van der Waals surface area contributed by atoms with Crippen molar-refractivity contribution < 1.29 is 23.8 Å². The van der Waals surface area contributed by atoms with Gasteiger partial charge in [0.05, 0.1) is 6.61 Å². The van der Waals surface area contributed by atoms with Gasteiger partial charge in [-0.2, -0.15) is 0 Å². The quantitative estimate of drug-likeness (QED) is 0.485. The molecule has 0 heterocycles. The van der Waals surface area contributed by atoms with Crippen LogP contribution >= 0.6 is 0 Å². The summed E-state index contributed by atoms with van der Waals surface area (Å²) in [5.74, 6) is -0.383. The van der Waals surface area contributed by atoms with Gasteiger partial charge in [0.25, 0.3) is 0 Å². The second-order valence-electron chi connectivity index (χ2n) is 2.21. The molecule has 0 atom stereocenters. The zero-order valence-electron chi connectivity index (χ0n) is 7.87. The number of hydrogen-bond donors (Lipinski definition) is 0. The Morgan fingerprint density at radius 3 is 2.31 bits per heavy atom. The van der Waals surface area contributed by atoms with Crippen molar-refractivity contribution in [1.82, 2.24) is 0 Å². The van der Waals surface area contributed by atoms with E-state index in [1.165, 1.54) is 0 Å². The Morgan fingerprint density at radius 2 is 1.77 bits per heavy atom. The molecule has 13 heavy (non-hydrogen) atoms. The van der Waals surface area contributed by atoms with E-state index in [2.05, 4.69) is 14.2 Å². The fourth-order valence-electron chi connectivity index (χ4n) is 0.579. The number of hydrogen-bond acceptors (Lipinski definition) is 5. The monoisotopic (exact) mass is 190 g/mol. The first-order valence-corrected chi connectivity index (χ1v) is 4.15. The maximum Gasteiger partial charge on any atom is 0.511 e. The highest BCUT2D eigenvalue weighted by Gasteiger charge is 2.04. The normalized spacial score (nSPS) is 9.08. The van der Waals surface area contributed by atoms with Crippen molar-refractivity contribution in [2.75, 3.05) is 13.4 Å². The van der Waals surface area contributed by atoms with Gasteiger partial charge in [-0.3, -0.25) is 4.79 Å². The summed E-state index contributed by atoms with van der Waals surface area (Å²) in [6.07, 6.45) is 0.205. The van der Waals surface area contributed by atoms with Crippen molar-refractivity contribution in [2.24, 2.45) is 0 Å². The Hall–Kier alpha value is -1.26. The zero-order valence-corrected chi connectivity index (χ0v) is 7.87. The second kappa shape index (κ2) is 7.39. The summed E-state index contributed by atoms with van der Waals surface area (Å²) in [6.45, 7) is 3.37. The van der Waals surface area contributed by atoms with E-state index in [0.717, 1.165) is 0 Å². The van der Waals surface area contributed by atoms with Crippen molar-refractivity contribution in [3.05, 3.63) is 0 Å². The Kier molecular flexibility index (Phi) is 6.68. The molecular formula is C8H14O5. The largest absolute Gasteiger partial charge is 0.511 e. The molecule has 0 aliphatic carbocycles. The van der Waals surface area contributed by atoms with Crippen LogP contribution in [-0.2, 0) is 19.0 Å². The molecule has 0 N–H and O–H groups in total. The molecule has 0 saturated carbocycles. The lowest BCUT2D eigenvalue weighted by Crippen LogP contribution is -2.13. The van der Waals surface area contributed by atoms with Crippen LogP contribution in [-0.4, -0.2) is 25.5 Å². The SMILES string of the molecule is CCCC(=O)OCOC(=O)OCC. The van der Waals surface area contributed by atoms with Crippen LogP contribution in [0.15, 0.2) is 0 Å². The van der Waals surface area contributed by atoms with E-state index in [1.54, 1.807) is 6.92 Å². The molecule has 0 rings (SSSR count).